The van der Waals surface area contributed by atoms with E-state index in [4.69, 9.17) is 16.7 Å². The van der Waals surface area contributed by atoms with E-state index in [0.717, 1.165) is 43.0 Å². The summed E-state index contributed by atoms with van der Waals surface area (Å²) >= 11 is 5.14. The van der Waals surface area contributed by atoms with Crippen molar-refractivity contribution in [2.45, 2.75) is 25.8 Å². The Balaban J connectivity index is 1.58. The molecule has 0 saturated carbocycles. The largest absolute Gasteiger partial charge is 0.354 e. The molecule has 5 rings (SSSR count). The van der Waals surface area contributed by atoms with E-state index >= 15 is 0 Å². The Bertz CT molecular complexity index is 1200. The summed E-state index contributed by atoms with van der Waals surface area (Å²) in [4.78, 5) is 27.0. The van der Waals surface area contributed by atoms with Crippen molar-refractivity contribution in [3.05, 3.63) is 40.9 Å². The molecule has 10 heteroatoms. The molecule has 0 radical (unpaired) electrons. The molecule has 9 nitrogen and oxygen atoms in total. The number of rotatable bonds is 4. The van der Waals surface area contributed by atoms with Crippen molar-refractivity contribution in [2.24, 2.45) is 7.05 Å². The molecule has 0 spiro atoms. The molecule has 1 N–H and O–H groups in total. The molecule has 3 aromatic rings. The van der Waals surface area contributed by atoms with Crippen molar-refractivity contribution in [1.82, 2.24) is 19.7 Å². The van der Waals surface area contributed by atoms with Crippen molar-refractivity contribution in [3.8, 4) is 11.4 Å². The van der Waals surface area contributed by atoms with Crippen molar-refractivity contribution in [1.29, 1.82) is 0 Å². The van der Waals surface area contributed by atoms with E-state index < -0.39 is 0 Å². The highest BCUT2D eigenvalue weighted by Crippen LogP contribution is 2.35. The highest BCUT2D eigenvalue weighted by atomic mass is 32.1. The molecule has 0 unspecified atom stereocenters. The maximum atomic E-state index is 13.6. The highest BCUT2D eigenvalue weighted by Gasteiger charge is 2.37. The lowest BCUT2D eigenvalue weighted by atomic mass is 10.1. The summed E-state index contributed by atoms with van der Waals surface area (Å²) in [5, 5.41) is 7.22. The SMILES string of the molecule is CCNc1ncc2c(n1)N1CCC[C@H]1CN(c1cccc(-c3noc(=S)n3C)c1)C2=O. The minimum atomic E-state index is -0.0990. The molecular formula is C21H23N7O2S. The van der Waals surface area contributed by atoms with Gasteiger partial charge in [-0.2, -0.15) is 4.98 Å². The van der Waals surface area contributed by atoms with Gasteiger partial charge in [0.05, 0.1) is 0 Å². The Kier molecular flexibility index (Phi) is 4.93. The molecule has 0 aliphatic carbocycles. The first-order valence-corrected chi connectivity index (χ1v) is 10.8. The molecular weight excluding hydrogens is 414 g/mol. The topological polar surface area (TPSA) is 92.3 Å². The third kappa shape index (κ3) is 3.36. The van der Waals surface area contributed by atoms with Gasteiger partial charge < -0.3 is 19.6 Å². The minimum absolute atomic E-state index is 0.0990. The standard InChI is InChI=1S/C21H23N7O2S/c1-3-22-20-23-11-16-18(24-20)27-9-5-8-15(27)12-28(19(16)29)14-7-4-6-13(10-14)17-25-30-21(31)26(17)2/h4,6-7,10-11,15H,3,5,8-9,12H2,1-2H3,(H,22,23,24)/t15-/m0/s1. The second kappa shape index (κ2) is 7.77. The van der Waals surface area contributed by atoms with Gasteiger partial charge in [-0.1, -0.05) is 17.3 Å². The van der Waals surface area contributed by atoms with Gasteiger partial charge in [0.25, 0.3) is 10.7 Å². The molecule has 1 amide bonds. The number of carbonyl (C=O) groups is 1. The summed E-state index contributed by atoms with van der Waals surface area (Å²) in [6.07, 6.45) is 3.73. The van der Waals surface area contributed by atoms with Crippen LogP contribution in [0.25, 0.3) is 11.4 Å². The van der Waals surface area contributed by atoms with Crippen LogP contribution in [0.1, 0.15) is 30.1 Å². The third-order valence-corrected chi connectivity index (χ3v) is 6.19. The average molecular weight is 438 g/mol. The number of nitrogens with zero attached hydrogens (tertiary/aromatic N) is 6. The van der Waals surface area contributed by atoms with Crippen molar-refractivity contribution in [3.63, 3.8) is 0 Å². The second-order valence-electron chi connectivity index (χ2n) is 7.75. The van der Waals surface area contributed by atoms with Crippen LogP contribution in [0.2, 0.25) is 0 Å². The molecule has 2 aliphatic rings. The predicted molar refractivity (Wildman–Crippen MR) is 120 cm³/mol. The molecule has 0 bridgehead atoms. The number of carbonyl (C=O) groups excluding carboxylic acids is 1. The molecule has 160 valence electrons. The maximum absolute atomic E-state index is 13.6. The summed E-state index contributed by atoms with van der Waals surface area (Å²) < 4.78 is 6.84. The van der Waals surface area contributed by atoms with Gasteiger partial charge in [0, 0.05) is 50.2 Å². The van der Waals surface area contributed by atoms with Crippen LogP contribution in [0, 0.1) is 4.84 Å². The molecule has 1 saturated heterocycles. The summed E-state index contributed by atoms with van der Waals surface area (Å²) in [7, 11) is 1.81. The van der Waals surface area contributed by atoms with E-state index in [2.05, 4.69) is 25.3 Å². The Morgan fingerprint density at radius 3 is 3.00 bits per heavy atom. The molecule has 31 heavy (non-hydrogen) atoms. The zero-order valence-electron chi connectivity index (χ0n) is 17.4. The van der Waals surface area contributed by atoms with E-state index in [0.29, 0.717) is 28.7 Å². The third-order valence-electron chi connectivity index (χ3n) is 5.84. The Morgan fingerprint density at radius 1 is 1.35 bits per heavy atom. The van der Waals surface area contributed by atoms with Crippen molar-refractivity contribution >= 4 is 35.6 Å². The number of amides is 1. The van der Waals surface area contributed by atoms with E-state index in [1.54, 1.807) is 10.8 Å². The van der Waals surface area contributed by atoms with Gasteiger partial charge in [-0.3, -0.25) is 9.36 Å². The van der Waals surface area contributed by atoms with Crippen LogP contribution < -0.4 is 15.1 Å². The van der Waals surface area contributed by atoms with Gasteiger partial charge in [0.1, 0.15) is 11.4 Å². The average Bonchev–Trinajstić information content (AvgIpc) is 3.35. The first-order valence-electron chi connectivity index (χ1n) is 10.4. The fourth-order valence-corrected chi connectivity index (χ4v) is 4.43. The van der Waals surface area contributed by atoms with Crippen LogP contribution in [0.15, 0.2) is 35.0 Å². The molecule has 1 fully saturated rings. The fourth-order valence-electron chi connectivity index (χ4n) is 4.30. The quantitative estimate of drug-likeness (QED) is 0.622. The van der Waals surface area contributed by atoms with Crippen LogP contribution in [0.5, 0.6) is 0 Å². The van der Waals surface area contributed by atoms with Crippen molar-refractivity contribution < 1.29 is 9.32 Å². The van der Waals surface area contributed by atoms with E-state index in [1.165, 1.54) is 0 Å². The van der Waals surface area contributed by atoms with Gasteiger partial charge in [0.2, 0.25) is 5.95 Å². The fraction of sp³-hybridized carbons (Fsp3) is 0.381. The van der Waals surface area contributed by atoms with Gasteiger partial charge in [-0.15, -0.1) is 0 Å². The highest BCUT2D eigenvalue weighted by molar-refractivity contribution is 7.71. The summed E-state index contributed by atoms with van der Waals surface area (Å²) in [6, 6.07) is 7.94. The molecule has 1 atom stereocenters. The number of aromatic nitrogens is 4. The first kappa shape index (κ1) is 19.7. The first-order chi connectivity index (χ1) is 15.1. The summed E-state index contributed by atoms with van der Waals surface area (Å²) in [6.45, 7) is 4.20. The Morgan fingerprint density at radius 2 is 2.23 bits per heavy atom. The van der Waals surface area contributed by atoms with E-state index in [9.17, 15) is 4.79 Å². The lowest BCUT2D eigenvalue weighted by Crippen LogP contribution is -2.39. The Hall–Kier alpha value is -3.27. The molecule has 2 aliphatic heterocycles. The van der Waals surface area contributed by atoms with Gasteiger partial charge in [-0.05, 0) is 44.1 Å². The molecule has 1 aromatic carbocycles. The lowest BCUT2D eigenvalue weighted by molar-refractivity contribution is 0.0988. The number of hydrogen-bond acceptors (Lipinski definition) is 8. The summed E-state index contributed by atoms with van der Waals surface area (Å²) in [5.41, 5.74) is 2.15. The predicted octanol–water partition coefficient (Wildman–Crippen LogP) is 3.26. The number of nitrogens with one attached hydrogen (secondary N) is 1. The normalized spacial score (nSPS) is 18.0. The van der Waals surface area contributed by atoms with Crippen LogP contribution in [-0.2, 0) is 7.05 Å². The molecule has 4 heterocycles. The lowest BCUT2D eigenvalue weighted by Gasteiger charge is -2.27. The minimum Gasteiger partial charge on any atom is -0.354 e. The zero-order chi connectivity index (χ0) is 21.5. The molecule has 2 aromatic heterocycles. The van der Waals surface area contributed by atoms with Crippen molar-refractivity contribution in [2.75, 3.05) is 34.8 Å². The monoisotopic (exact) mass is 437 g/mol. The summed E-state index contributed by atoms with van der Waals surface area (Å²) in [5.74, 6) is 1.79. The smallest absolute Gasteiger partial charge is 0.297 e. The van der Waals surface area contributed by atoms with E-state index in [1.807, 2.05) is 43.1 Å². The van der Waals surface area contributed by atoms with Gasteiger partial charge in [0.15, 0.2) is 5.82 Å². The van der Waals surface area contributed by atoms with E-state index in [-0.39, 0.29) is 11.9 Å². The van der Waals surface area contributed by atoms with Crippen LogP contribution in [0.3, 0.4) is 0 Å². The van der Waals surface area contributed by atoms with Crippen LogP contribution in [0.4, 0.5) is 17.5 Å². The number of benzene rings is 1. The van der Waals surface area contributed by atoms with Gasteiger partial charge >= 0.3 is 0 Å². The number of anilines is 3. The van der Waals surface area contributed by atoms with Gasteiger partial charge in [-0.25, -0.2) is 4.98 Å². The zero-order valence-corrected chi connectivity index (χ0v) is 18.2. The number of hydrogen-bond donors (Lipinski definition) is 1. The number of fused-ring (bicyclic) bond motifs is 3. The van der Waals surface area contributed by atoms with Crippen LogP contribution in [-0.4, -0.2) is 51.3 Å². The second-order valence-corrected chi connectivity index (χ2v) is 8.10. The Labute approximate surface area is 184 Å². The maximum Gasteiger partial charge on any atom is 0.297 e. The van der Waals surface area contributed by atoms with Crippen LogP contribution >= 0.6 is 12.2 Å².